The summed E-state index contributed by atoms with van der Waals surface area (Å²) in [5.41, 5.74) is 4.70. The summed E-state index contributed by atoms with van der Waals surface area (Å²) < 4.78 is 23.0. The standard InChI is InChI=1S/C20H27N3O2S.HI/c1-5-21-20(23-14-18-9-6-15(2)12-16(18)3)22-13-17-7-10-19(11-8-17)26(4,24)25;/h6-12H,5,13-14H2,1-4H3,(H2,21,22,23);1H. The van der Waals surface area contributed by atoms with Crippen LogP contribution in [0.15, 0.2) is 52.4 Å². The topological polar surface area (TPSA) is 70.6 Å². The van der Waals surface area contributed by atoms with Crippen molar-refractivity contribution in [1.29, 1.82) is 0 Å². The van der Waals surface area contributed by atoms with Gasteiger partial charge in [0.1, 0.15) is 0 Å². The Morgan fingerprint density at radius 3 is 2.26 bits per heavy atom. The number of benzene rings is 2. The van der Waals surface area contributed by atoms with Crippen molar-refractivity contribution in [1.82, 2.24) is 10.6 Å². The van der Waals surface area contributed by atoms with Gasteiger partial charge < -0.3 is 10.6 Å². The van der Waals surface area contributed by atoms with Crippen LogP contribution in [0.25, 0.3) is 0 Å². The van der Waals surface area contributed by atoms with Gasteiger partial charge in [-0.25, -0.2) is 13.4 Å². The highest BCUT2D eigenvalue weighted by molar-refractivity contribution is 14.0. The second-order valence-corrected chi connectivity index (χ2v) is 8.41. The summed E-state index contributed by atoms with van der Waals surface area (Å²) in [5.74, 6) is 0.736. The number of nitrogens with zero attached hydrogens (tertiary/aromatic N) is 1. The second kappa shape index (κ2) is 10.7. The van der Waals surface area contributed by atoms with Crippen molar-refractivity contribution in [2.75, 3.05) is 12.8 Å². The van der Waals surface area contributed by atoms with E-state index in [2.05, 4.69) is 47.7 Å². The lowest BCUT2D eigenvalue weighted by molar-refractivity contribution is 0.602. The van der Waals surface area contributed by atoms with Crippen LogP contribution in [0.5, 0.6) is 0 Å². The molecule has 148 valence electrons. The number of nitrogens with one attached hydrogen (secondary N) is 2. The monoisotopic (exact) mass is 501 g/mol. The number of rotatable bonds is 6. The molecule has 0 fully saturated rings. The molecule has 0 aromatic heterocycles. The molecule has 0 amide bonds. The first-order valence-electron chi connectivity index (χ1n) is 8.67. The molecule has 0 spiro atoms. The van der Waals surface area contributed by atoms with Gasteiger partial charge in [-0.05, 0) is 49.6 Å². The maximum atomic E-state index is 11.5. The average Bonchev–Trinajstić information content (AvgIpc) is 2.58. The normalized spacial score (nSPS) is 11.6. The van der Waals surface area contributed by atoms with Gasteiger partial charge in [0, 0.05) is 19.3 Å². The molecule has 2 N–H and O–H groups in total. The van der Waals surface area contributed by atoms with E-state index in [1.165, 1.54) is 22.9 Å². The first-order valence-corrected chi connectivity index (χ1v) is 10.6. The molecule has 5 nitrogen and oxygen atoms in total. The van der Waals surface area contributed by atoms with Crippen molar-refractivity contribution in [2.24, 2.45) is 4.99 Å². The molecule has 0 radical (unpaired) electrons. The fourth-order valence-corrected chi connectivity index (χ4v) is 3.21. The Morgan fingerprint density at radius 1 is 1.04 bits per heavy atom. The molecule has 2 rings (SSSR count). The van der Waals surface area contributed by atoms with Crippen LogP contribution in [0.4, 0.5) is 0 Å². The van der Waals surface area contributed by atoms with Crippen molar-refractivity contribution in [2.45, 2.75) is 38.8 Å². The van der Waals surface area contributed by atoms with Crippen molar-refractivity contribution in [3.63, 3.8) is 0 Å². The Labute approximate surface area is 179 Å². The van der Waals surface area contributed by atoms with Crippen molar-refractivity contribution in [3.05, 3.63) is 64.7 Å². The van der Waals surface area contributed by atoms with E-state index in [1.807, 2.05) is 6.92 Å². The first-order chi connectivity index (χ1) is 12.3. The number of halogens is 1. The zero-order valence-electron chi connectivity index (χ0n) is 16.2. The third kappa shape index (κ3) is 7.50. The minimum absolute atomic E-state index is 0. The van der Waals surface area contributed by atoms with Crippen molar-refractivity contribution < 1.29 is 8.42 Å². The quantitative estimate of drug-likeness (QED) is 0.361. The summed E-state index contributed by atoms with van der Waals surface area (Å²) >= 11 is 0. The minimum atomic E-state index is -3.17. The van der Waals surface area contributed by atoms with Gasteiger partial charge in [-0.3, -0.25) is 0 Å². The smallest absolute Gasteiger partial charge is 0.191 e. The summed E-state index contributed by atoms with van der Waals surface area (Å²) in [7, 11) is -3.17. The molecule has 0 bridgehead atoms. The SMILES string of the molecule is CCNC(=NCc1ccc(S(C)(=O)=O)cc1)NCc1ccc(C)cc1C.I. The zero-order chi connectivity index (χ0) is 19.2. The maximum absolute atomic E-state index is 11.5. The van der Waals surface area contributed by atoms with Crippen molar-refractivity contribution in [3.8, 4) is 0 Å². The van der Waals surface area contributed by atoms with E-state index >= 15 is 0 Å². The van der Waals surface area contributed by atoms with Crippen LogP contribution in [-0.4, -0.2) is 27.2 Å². The van der Waals surface area contributed by atoms with Gasteiger partial charge in [-0.15, -0.1) is 24.0 Å². The molecular weight excluding hydrogens is 473 g/mol. The molecule has 0 aliphatic carbocycles. The van der Waals surface area contributed by atoms with Gasteiger partial charge in [0.15, 0.2) is 15.8 Å². The summed E-state index contributed by atoms with van der Waals surface area (Å²) in [6, 6.07) is 13.3. The number of sulfone groups is 1. The Bertz CT molecular complexity index is 879. The Balaban J connectivity index is 0.00000364. The Kier molecular flexibility index (Phi) is 9.25. The van der Waals surface area contributed by atoms with Gasteiger partial charge in [0.05, 0.1) is 11.4 Å². The van der Waals surface area contributed by atoms with E-state index in [9.17, 15) is 8.42 Å². The van der Waals surface area contributed by atoms with Crippen LogP contribution in [0.1, 0.15) is 29.2 Å². The number of hydrogen-bond donors (Lipinski definition) is 2. The maximum Gasteiger partial charge on any atom is 0.191 e. The molecule has 27 heavy (non-hydrogen) atoms. The average molecular weight is 501 g/mol. The summed E-state index contributed by atoms with van der Waals surface area (Å²) in [5, 5.41) is 6.58. The molecule has 0 saturated heterocycles. The lowest BCUT2D eigenvalue weighted by Crippen LogP contribution is -2.36. The third-order valence-corrected chi connectivity index (χ3v) is 5.19. The molecule has 2 aromatic rings. The molecular formula is C20H28IN3O2S. The van der Waals surface area contributed by atoms with Gasteiger partial charge in [-0.1, -0.05) is 35.9 Å². The molecule has 0 heterocycles. The molecule has 2 aromatic carbocycles. The van der Waals surface area contributed by atoms with Gasteiger partial charge in [0.2, 0.25) is 0 Å². The lowest BCUT2D eigenvalue weighted by atomic mass is 10.1. The summed E-state index contributed by atoms with van der Waals surface area (Å²) in [6.07, 6.45) is 1.21. The molecule has 0 unspecified atom stereocenters. The van der Waals surface area contributed by atoms with E-state index in [0.29, 0.717) is 18.0 Å². The van der Waals surface area contributed by atoms with Crippen LogP contribution in [-0.2, 0) is 22.9 Å². The van der Waals surface area contributed by atoms with Crippen LogP contribution in [0.3, 0.4) is 0 Å². The predicted molar refractivity (Wildman–Crippen MR) is 123 cm³/mol. The van der Waals surface area contributed by atoms with Crippen LogP contribution in [0.2, 0.25) is 0 Å². The highest BCUT2D eigenvalue weighted by Crippen LogP contribution is 2.12. The molecule has 0 aliphatic rings. The van der Waals surface area contributed by atoms with E-state index in [-0.39, 0.29) is 24.0 Å². The number of aliphatic imine (C=N–C) groups is 1. The van der Waals surface area contributed by atoms with E-state index in [4.69, 9.17) is 0 Å². The summed E-state index contributed by atoms with van der Waals surface area (Å²) in [4.78, 5) is 4.91. The molecule has 0 atom stereocenters. The Hall–Kier alpha value is -1.61. The molecule has 7 heteroatoms. The minimum Gasteiger partial charge on any atom is -0.357 e. The predicted octanol–water partition coefficient (Wildman–Crippen LogP) is 3.58. The Morgan fingerprint density at radius 2 is 1.70 bits per heavy atom. The highest BCUT2D eigenvalue weighted by Gasteiger charge is 2.06. The van der Waals surface area contributed by atoms with E-state index in [0.717, 1.165) is 18.1 Å². The van der Waals surface area contributed by atoms with Crippen LogP contribution < -0.4 is 10.6 Å². The fourth-order valence-electron chi connectivity index (χ4n) is 2.58. The zero-order valence-corrected chi connectivity index (χ0v) is 19.4. The lowest BCUT2D eigenvalue weighted by Gasteiger charge is -2.13. The number of aryl methyl sites for hydroxylation is 2. The second-order valence-electron chi connectivity index (χ2n) is 6.39. The number of guanidine groups is 1. The van der Waals surface area contributed by atoms with Crippen LogP contribution in [0, 0.1) is 13.8 Å². The van der Waals surface area contributed by atoms with Gasteiger partial charge in [-0.2, -0.15) is 0 Å². The van der Waals surface area contributed by atoms with E-state index < -0.39 is 9.84 Å². The number of hydrogen-bond acceptors (Lipinski definition) is 3. The van der Waals surface area contributed by atoms with Gasteiger partial charge >= 0.3 is 0 Å². The fraction of sp³-hybridized carbons (Fsp3) is 0.350. The molecule has 0 aliphatic heterocycles. The third-order valence-electron chi connectivity index (χ3n) is 4.06. The largest absolute Gasteiger partial charge is 0.357 e. The van der Waals surface area contributed by atoms with E-state index in [1.54, 1.807) is 24.3 Å². The molecule has 0 saturated carbocycles. The van der Waals surface area contributed by atoms with Crippen molar-refractivity contribution >= 4 is 39.8 Å². The first kappa shape index (κ1) is 23.4. The highest BCUT2D eigenvalue weighted by atomic mass is 127. The van der Waals surface area contributed by atoms with Gasteiger partial charge in [0.25, 0.3) is 0 Å². The van der Waals surface area contributed by atoms with Crippen LogP contribution >= 0.6 is 24.0 Å². The summed E-state index contributed by atoms with van der Waals surface area (Å²) in [6.45, 7) is 8.17.